The number of hydrogen-bond donors (Lipinski definition) is 1. The molecule has 1 aromatic carbocycles. The normalized spacial score (nSPS) is 12.0. The van der Waals surface area contributed by atoms with Crippen LogP contribution in [0.2, 0.25) is 0 Å². The van der Waals surface area contributed by atoms with Gasteiger partial charge in [0, 0.05) is 6.04 Å². The smallest absolute Gasteiger partial charge is 0.126 e. The Labute approximate surface area is 78.2 Å². The molecule has 0 saturated heterocycles. The summed E-state index contributed by atoms with van der Waals surface area (Å²) >= 11 is 0. The lowest BCUT2D eigenvalue weighted by molar-refractivity contribution is 0.611. The molecule has 0 bridgehead atoms. The van der Waals surface area contributed by atoms with E-state index in [1.165, 1.54) is 6.07 Å². The van der Waals surface area contributed by atoms with Crippen LogP contribution in [0.4, 0.5) is 4.39 Å². The first-order valence-electron chi connectivity index (χ1n) is 3.63. The largest absolute Gasteiger partial charge is 0.324 e. The second-order valence-corrected chi connectivity index (χ2v) is 2.74. The Balaban J connectivity index is 0.00000121. The molecule has 12 heavy (non-hydrogen) atoms. The lowest BCUT2D eigenvalue weighted by atomic mass is 10.0. The van der Waals surface area contributed by atoms with Crippen molar-refractivity contribution in [1.82, 2.24) is 0 Å². The van der Waals surface area contributed by atoms with Crippen molar-refractivity contribution in [3.05, 3.63) is 35.1 Å². The van der Waals surface area contributed by atoms with Gasteiger partial charge in [-0.1, -0.05) is 12.1 Å². The van der Waals surface area contributed by atoms with Gasteiger partial charge in [0.2, 0.25) is 0 Å². The highest BCUT2D eigenvalue weighted by Crippen LogP contribution is 2.17. The Morgan fingerprint density at radius 1 is 1.42 bits per heavy atom. The average Bonchev–Trinajstić information content (AvgIpc) is 1.94. The van der Waals surface area contributed by atoms with E-state index in [1.807, 2.05) is 13.0 Å². The van der Waals surface area contributed by atoms with Gasteiger partial charge in [0.25, 0.3) is 0 Å². The summed E-state index contributed by atoms with van der Waals surface area (Å²) in [5.41, 5.74) is 7.15. The minimum Gasteiger partial charge on any atom is -0.324 e. The molecule has 0 saturated carbocycles. The molecule has 0 spiro atoms. The third-order valence-corrected chi connectivity index (χ3v) is 1.80. The summed E-state index contributed by atoms with van der Waals surface area (Å²) in [6.45, 7) is 3.59. The molecule has 0 amide bonds. The van der Waals surface area contributed by atoms with Gasteiger partial charge in [-0.3, -0.25) is 0 Å². The van der Waals surface area contributed by atoms with Gasteiger partial charge in [-0.25, -0.2) is 4.39 Å². The van der Waals surface area contributed by atoms with Gasteiger partial charge in [-0.15, -0.1) is 12.4 Å². The minimum absolute atomic E-state index is 0. The second kappa shape index (κ2) is 4.43. The topological polar surface area (TPSA) is 26.0 Å². The molecule has 0 radical (unpaired) electrons. The third-order valence-electron chi connectivity index (χ3n) is 1.80. The zero-order valence-electron chi connectivity index (χ0n) is 7.17. The highest BCUT2D eigenvalue weighted by molar-refractivity contribution is 5.85. The van der Waals surface area contributed by atoms with Crippen molar-refractivity contribution >= 4 is 12.4 Å². The number of halogens is 2. The molecule has 1 aromatic rings. The zero-order chi connectivity index (χ0) is 8.43. The highest BCUT2D eigenvalue weighted by atomic mass is 35.5. The average molecular weight is 190 g/mol. The molecule has 0 aliphatic rings. The van der Waals surface area contributed by atoms with Crippen molar-refractivity contribution in [3.8, 4) is 0 Å². The molecular weight excluding hydrogens is 177 g/mol. The van der Waals surface area contributed by atoms with Gasteiger partial charge in [0.15, 0.2) is 0 Å². The van der Waals surface area contributed by atoms with Gasteiger partial charge < -0.3 is 5.73 Å². The van der Waals surface area contributed by atoms with Crippen molar-refractivity contribution in [2.24, 2.45) is 5.73 Å². The van der Waals surface area contributed by atoms with Crippen LogP contribution in [0.3, 0.4) is 0 Å². The summed E-state index contributed by atoms with van der Waals surface area (Å²) in [4.78, 5) is 0. The lowest BCUT2D eigenvalue weighted by Gasteiger charge is -2.09. The van der Waals surface area contributed by atoms with Crippen LogP contribution < -0.4 is 5.73 Å². The van der Waals surface area contributed by atoms with E-state index < -0.39 is 0 Å². The lowest BCUT2D eigenvalue weighted by Crippen LogP contribution is -2.07. The van der Waals surface area contributed by atoms with Gasteiger partial charge in [-0.05, 0) is 31.0 Å². The molecule has 0 aromatic heterocycles. The molecule has 0 fully saturated rings. The van der Waals surface area contributed by atoms with Gasteiger partial charge in [0.05, 0.1) is 0 Å². The molecular formula is C9H13ClFN. The summed E-state index contributed by atoms with van der Waals surface area (Å²) in [5.74, 6) is -0.181. The summed E-state index contributed by atoms with van der Waals surface area (Å²) < 4.78 is 12.9. The Morgan fingerprint density at radius 2 is 2.00 bits per heavy atom. The number of rotatable bonds is 1. The van der Waals surface area contributed by atoms with Crippen LogP contribution in [-0.4, -0.2) is 0 Å². The standard InChI is InChI=1S/C9H12FN.ClH/c1-6-8(7(2)11)4-3-5-9(6)10;/h3-5,7H,11H2,1-2H3;1H. The predicted molar refractivity (Wildman–Crippen MR) is 51.0 cm³/mol. The van der Waals surface area contributed by atoms with E-state index in [-0.39, 0.29) is 24.3 Å². The maximum atomic E-state index is 12.9. The zero-order valence-corrected chi connectivity index (χ0v) is 7.99. The third kappa shape index (κ3) is 2.19. The second-order valence-electron chi connectivity index (χ2n) is 2.74. The van der Waals surface area contributed by atoms with Crippen LogP contribution in [0.1, 0.15) is 24.1 Å². The Kier molecular flexibility index (Phi) is 4.21. The van der Waals surface area contributed by atoms with Crippen LogP contribution in [0.25, 0.3) is 0 Å². The fourth-order valence-electron chi connectivity index (χ4n) is 1.12. The molecule has 0 aliphatic carbocycles. The molecule has 1 nitrogen and oxygen atoms in total. The van der Waals surface area contributed by atoms with Crippen LogP contribution in [0.15, 0.2) is 18.2 Å². The van der Waals surface area contributed by atoms with Gasteiger partial charge in [0.1, 0.15) is 5.82 Å². The first-order valence-corrected chi connectivity index (χ1v) is 3.63. The van der Waals surface area contributed by atoms with E-state index in [0.29, 0.717) is 5.56 Å². The first kappa shape index (κ1) is 11.4. The fraction of sp³-hybridized carbons (Fsp3) is 0.333. The molecule has 68 valence electrons. The van der Waals surface area contributed by atoms with Crippen molar-refractivity contribution in [1.29, 1.82) is 0 Å². The van der Waals surface area contributed by atoms with E-state index >= 15 is 0 Å². The fourth-order valence-corrected chi connectivity index (χ4v) is 1.12. The van der Waals surface area contributed by atoms with E-state index in [1.54, 1.807) is 13.0 Å². The van der Waals surface area contributed by atoms with E-state index in [0.717, 1.165) is 5.56 Å². The number of benzene rings is 1. The molecule has 1 unspecified atom stereocenters. The Hall–Kier alpha value is -0.600. The summed E-state index contributed by atoms with van der Waals surface area (Å²) in [5, 5.41) is 0. The maximum absolute atomic E-state index is 12.9. The number of nitrogens with two attached hydrogens (primary N) is 1. The van der Waals surface area contributed by atoms with E-state index in [9.17, 15) is 4.39 Å². The monoisotopic (exact) mass is 189 g/mol. The molecule has 0 aliphatic heterocycles. The van der Waals surface area contributed by atoms with Crippen LogP contribution >= 0.6 is 12.4 Å². The number of hydrogen-bond acceptors (Lipinski definition) is 1. The Bertz CT molecular complexity index is 261. The summed E-state index contributed by atoms with van der Waals surface area (Å²) in [6, 6.07) is 4.89. The summed E-state index contributed by atoms with van der Waals surface area (Å²) in [6.07, 6.45) is 0. The van der Waals surface area contributed by atoms with Crippen molar-refractivity contribution in [2.75, 3.05) is 0 Å². The van der Waals surface area contributed by atoms with Crippen LogP contribution in [0, 0.1) is 12.7 Å². The van der Waals surface area contributed by atoms with Crippen LogP contribution in [0.5, 0.6) is 0 Å². The molecule has 0 heterocycles. The first-order chi connectivity index (χ1) is 5.13. The molecule has 3 heteroatoms. The van der Waals surface area contributed by atoms with Gasteiger partial charge in [-0.2, -0.15) is 0 Å². The van der Waals surface area contributed by atoms with Gasteiger partial charge >= 0.3 is 0 Å². The minimum atomic E-state index is -0.181. The molecule has 1 atom stereocenters. The quantitative estimate of drug-likeness (QED) is 0.722. The Morgan fingerprint density at radius 3 is 2.42 bits per heavy atom. The van der Waals surface area contributed by atoms with Crippen molar-refractivity contribution in [3.63, 3.8) is 0 Å². The summed E-state index contributed by atoms with van der Waals surface area (Å²) in [7, 11) is 0. The van der Waals surface area contributed by atoms with Crippen molar-refractivity contribution < 1.29 is 4.39 Å². The van der Waals surface area contributed by atoms with Crippen LogP contribution in [-0.2, 0) is 0 Å². The van der Waals surface area contributed by atoms with E-state index in [2.05, 4.69) is 0 Å². The maximum Gasteiger partial charge on any atom is 0.126 e. The predicted octanol–water partition coefficient (Wildman–Crippen LogP) is 2.58. The van der Waals surface area contributed by atoms with Crippen molar-refractivity contribution in [2.45, 2.75) is 19.9 Å². The SMILES string of the molecule is Cc1c(F)cccc1C(C)N.Cl. The molecule has 1 rings (SSSR count). The van der Waals surface area contributed by atoms with E-state index in [4.69, 9.17) is 5.73 Å². The molecule has 2 N–H and O–H groups in total. The highest BCUT2D eigenvalue weighted by Gasteiger charge is 2.05.